The maximum absolute atomic E-state index is 13.2. The summed E-state index contributed by atoms with van der Waals surface area (Å²) in [6.45, 7) is 0. The predicted molar refractivity (Wildman–Crippen MR) is 68.2 cm³/mol. The van der Waals surface area contributed by atoms with E-state index in [1.807, 2.05) is 18.2 Å². The summed E-state index contributed by atoms with van der Waals surface area (Å²) in [5, 5.41) is 3.06. The molecule has 0 unspecified atom stereocenters. The van der Waals surface area contributed by atoms with Crippen molar-refractivity contribution in [3.63, 3.8) is 0 Å². The number of rotatable bonds is 3. The average molecular weight is 297 g/mol. The molecule has 0 spiro atoms. The lowest BCUT2D eigenvalue weighted by Crippen LogP contribution is -1.95. The van der Waals surface area contributed by atoms with Gasteiger partial charge >= 0.3 is 0 Å². The number of methoxy groups -OCH3 is 1. The van der Waals surface area contributed by atoms with Crippen LogP contribution in [-0.2, 0) is 0 Å². The molecular formula is C12H10BrFN2O. The Bertz CT molecular complexity index is 534. The zero-order valence-corrected chi connectivity index (χ0v) is 10.7. The zero-order chi connectivity index (χ0) is 12.3. The van der Waals surface area contributed by atoms with Crippen LogP contribution < -0.4 is 10.1 Å². The third kappa shape index (κ3) is 2.94. The van der Waals surface area contributed by atoms with E-state index in [4.69, 9.17) is 4.74 Å². The lowest BCUT2D eigenvalue weighted by atomic mass is 10.3. The number of aromatic nitrogens is 1. The first-order valence-electron chi connectivity index (χ1n) is 4.92. The second-order valence-corrected chi connectivity index (χ2v) is 4.13. The fourth-order valence-corrected chi connectivity index (χ4v) is 1.71. The summed E-state index contributed by atoms with van der Waals surface area (Å²) in [5.41, 5.74) is 0.717. The summed E-state index contributed by atoms with van der Waals surface area (Å²) in [7, 11) is 1.43. The van der Waals surface area contributed by atoms with Gasteiger partial charge in [-0.25, -0.2) is 9.37 Å². The van der Waals surface area contributed by atoms with Gasteiger partial charge in [-0.3, -0.25) is 0 Å². The second kappa shape index (κ2) is 5.14. The van der Waals surface area contributed by atoms with Gasteiger partial charge in [-0.05, 0) is 40.2 Å². The van der Waals surface area contributed by atoms with Crippen molar-refractivity contribution in [2.24, 2.45) is 0 Å². The smallest absolute Gasteiger partial charge is 0.165 e. The lowest BCUT2D eigenvalue weighted by Gasteiger charge is -2.08. The summed E-state index contributed by atoms with van der Waals surface area (Å²) in [4.78, 5) is 4.22. The van der Waals surface area contributed by atoms with E-state index in [2.05, 4.69) is 26.2 Å². The Balaban J connectivity index is 2.24. The van der Waals surface area contributed by atoms with E-state index in [0.29, 0.717) is 11.5 Å². The van der Waals surface area contributed by atoms with Crippen LogP contribution in [0.3, 0.4) is 0 Å². The van der Waals surface area contributed by atoms with Crippen molar-refractivity contribution in [3.8, 4) is 5.75 Å². The lowest BCUT2D eigenvalue weighted by molar-refractivity contribution is 0.387. The molecule has 0 fully saturated rings. The van der Waals surface area contributed by atoms with Crippen molar-refractivity contribution in [3.05, 3.63) is 46.8 Å². The number of nitrogens with zero attached hydrogens (tertiary/aromatic N) is 1. The summed E-state index contributed by atoms with van der Waals surface area (Å²) in [5.74, 6) is 0.485. The average Bonchev–Trinajstić information content (AvgIpc) is 2.32. The third-order valence-electron chi connectivity index (χ3n) is 2.14. The molecule has 3 nitrogen and oxygen atoms in total. The maximum atomic E-state index is 13.2. The summed E-state index contributed by atoms with van der Waals surface area (Å²) in [6, 6.07) is 10.1. The van der Waals surface area contributed by atoms with Crippen molar-refractivity contribution in [2.45, 2.75) is 0 Å². The Morgan fingerprint density at radius 2 is 2.12 bits per heavy atom. The van der Waals surface area contributed by atoms with Crippen molar-refractivity contribution in [2.75, 3.05) is 12.4 Å². The zero-order valence-electron chi connectivity index (χ0n) is 9.08. The molecule has 1 aromatic carbocycles. The maximum Gasteiger partial charge on any atom is 0.165 e. The van der Waals surface area contributed by atoms with E-state index in [-0.39, 0.29) is 11.6 Å². The highest BCUT2D eigenvalue weighted by Gasteiger charge is 2.04. The molecule has 2 aromatic rings. The van der Waals surface area contributed by atoms with Gasteiger partial charge < -0.3 is 10.1 Å². The van der Waals surface area contributed by atoms with Crippen LogP contribution in [0.25, 0.3) is 0 Å². The van der Waals surface area contributed by atoms with Crippen LogP contribution in [0.2, 0.25) is 0 Å². The van der Waals surface area contributed by atoms with Crippen molar-refractivity contribution in [1.29, 1.82) is 0 Å². The van der Waals surface area contributed by atoms with Crippen molar-refractivity contribution < 1.29 is 9.13 Å². The van der Waals surface area contributed by atoms with E-state index in [9.17, 15) is 4.39 Å². The Hall–Kier alpha value is -1.62. The van der Waals surface area contributed by atoms with E-state index in [1.54, 1.807) is 12.1 Å². The predicted octanol–water partition coefficient (Wildman–Crippen LogP) is 3.74. The first kappa shape index (κ1) is 11.9. The van der Waals surface area contributed by atoms with Crippen LogP contribution in [0.1, 0.15) is 0 Å². The minimum absolute atomic E-state index is 0.199. The molecule has 88 valence electrons. The summed E-state index contributed by atoms with van der Waals surface area (Å²) >= 11 is 3.28. The van der Waals surface area contributed by atoms with E-state index in [1.165, 1.54) is 13.2 Å². The van der Waals surface area contributed by atoms with Gasteiger partial charge in [0.1, 0.15) is 10.4 Å². The fourth-order valence-electron chi connectivity index (χ4n) is 1.36. The molecule has 0 bridgehead atoms. The number of halogens is 2. The number of nitrogens with one attached hydrogen (secondary N) is 1. The number of benzene rings is 1. The molecule has 17 heavy (non-hydrogen) atoms. The quantitative estimate of drug-likeness (QED) is 0.876. The van der Waals surface area contributed by atoms with Gasteiger partial charge in [-0.15, -0.1) is 0 Å². The second-order valence-electron chi connectivity index (χ2n) is 3.32. The van der Waals surface area contributed by atoms with Crippen LogP contribution in [0, 0.1) is 5.82 Å². The Kier molecular flexibility index (Phi) is 3.58. The molecule has 0 radical (unpaired) electrons. The molecule has 0 saturated carbocycles. The van der Waals surface area contributed by atoms with Crippen LogP contribution in [-0.4, -0.2) is 12.1 Å². The number of hydrogen-bond acceptors (Lipinski definition) is 3. The van der Waals surface area contributed by atoms with Crippen LogP contribution in [0.4, 0.5) is 15.9 Å². The van der Waals surface area contributed by atoms with Gasteiger partial charge in [0.05, 0.1) is 7.11 Å². The molecule has 1 N–H and O–H groups in total. The molecule has 0 aliphatic carbocycles. The molecule has 0 atom stereocenters. The SMILES string of the molecule is COc1cc(Nc2cccc(Br)n2)ccc1F. The molecule has 2 rings (SSSR count). The topological polar surface area (TPSA) is 34.1 Å². The van der Waals surface area contributed by atoms with Gasteiger partial charge in [-0.2, -0.15) is 0 Å². The van der Waals surface area contributed by atoms with Gasteiger partial charge in [0, 0.05) is 11.8 Å². The molecule has 5 heteroatoms. The molecule has 0 amide bonds. The first-order chi connectivity index (χ1) is 8.19. The van der Waals surface area contributed by atoms with Crippen LogP contribution >= 0.6 is 15.9 Å². The molecule has 1 heterocycles. The summed E-state index contributed by atoms with van der Waals surface area (Å²) < 4.78 is 18.8. The number of pyridine rings is 1. The molecule has 0 saturated heterocycles. The number of ether oxygens (including phenoxy) is 1. The third-order valence-corrected chi connectivity index (χ3v) is 2.58. The van der Waals surface area contributed by atoms with Crippen molar-refractivity contribution >= 4 is 27.4 Å². The van der Waals surface area contributed by atoms with Crippen molar-refractivity contribution in [1.82, 2.24) is 4.98 Å². The minimum atomic E-state index is -0.389. The normalized spacial score (nSPS) is 10.1. The van der Waals surface area contributed by atoms with Gasteiger partial charge in [0.2, 0.25) is 0 Å². The molecule has 1 aromatic heterocycles. The van der Waals surface area contributed by atoms with E-state index in [0.717, 1.165) is 4.60 Å². The number of anilines is 2. The van der Waals surface area contributed by atoms with Crippen LogP contribution in [0.5, 0.6) is 5.75 Å². The highest BCUT2D eigenvalue weighted by atomic mass is 79.9. The number of hydrogen-bond donors (Lipinski definition) is 1. The summed E-state index contributed by atoms with van der Waals surface area (Å²) in [6.07, 6.45) is 0. The van der Waals surface area contributed by atoms with Gasteiger partial charge in [0.25, 0.3) is 0 Å². The van der Waals surface area contributed by atoms with Crippen LogP contribution in [0.15, 0.2) is 41.0 Å². The Morgan fingerprint density at radius 3 is 2.82 bits per heavy atom. The van der Waals surface area contributed by atoms with E-state index >= 15 is 0 Å². The first-order valence-corrected chi connectivity index (χ1v) is 5.71. The van der Waals surface area contributed by atoms with Gasteiger partial charge in [-0.1, -0.05) is 6.07 Å². The molecular weight excluding hydrogens is 287 g/mol. The Morgan fingerprint density at radius 1 is 1.29 bits per heavy atom. The minimum Gasteiger partial charge on any atom is -0.494 e. The van der Waals surface area contributed by atoms with E-state index < -0.39 is 0 Å². The monoisotopic (exact) mass is 296 g/mol. The largest absolute Gasteiger partial charge is 0.494 e. The fraction of sp³-hybridized carbons (Fsp3) is 0.0833. The molecule has 0 aliphatic rings. The highest BCUT2D eigenvalue weighted by molar-refractivity contribution is 9.10. The molecule has 0 aliphatic heterocycles. The van der Waals surface area contributed by atoms with Gasteiger partial charge in [0.15, 0.2) is 11.6 Å². The Labute approximate surface area is 107 Å². The standard InChI is InChI=1S/C12H10BrFN2O/c1-17-10-7-8(5-6-9(10)14)15-12-4-2-3-11(13)16-12/h2-7H,1H3,(H,15,16). The highest BCUT2D eigenvalue weighted by Crippen LogP contribution is 2.24.